The summed E-state index contributed by atoms with van der Waals surface area (Å²) in [6.45, 7) is 3.64. The van der Waals surface area contributed by atoms with Gasteiger partial charge in [-0.3, -0.25) is 10.2 Å². The number of aromatic nitrogens is 1. The second kappa shape index (κ2) is 6.75. The molecule has 1 unspecified atom stereocenters. The van der Waals surface area contributed by atoms with Crippen LogP contribution < -0.4 is 5.32 Å². The molecule has 1 fully saturated rings. The predicted molar refractivity (Wildman–Crippen MR) is 97.3 cm³/mol. The quantitative estimate of drug-likeness (QED) is 0.872. The van der Waals surface area contributed by atoms with Crippen molar-refractivity contribution in [3.63, 3.8) is 0 Å². The van der Waals surface area contributed by atoms with Crippen LogP contribution >= 0.6 is 11.5 Å². The minimum absolute atomic E-state index is 0.0204. The summed E-state index contributed by atoms with van der Waals surface area (Å²) in [4.78, 5) is 16.8. The van der Waals surface area contributed by atoms with Gasteiger partial charge in [-0.15, -0.1) is 0 Å². The summed E-state index contributed by atoms with van der Waals surface area (Å²) < 4.78 is 4.44. The second-order valence-corrected chi connectivity index (χ2v) is 6.99. The topological polar surface area (TPSA) is 48.5 Å². The molecule has 4 rings (SSSR count). The summed E-state index contributed by atoms with van der Waals surface area (Å²) in [6, 6.07) is 12.4. The van der Waals surface area contributed by atoms with E-state index in [9.17, 15) is 4.79 Å². The molecule has 0 bridgehead atoms. The predicted octanol–water partition coefficient (Wildman–Crippen LogP) is 3.29. The largest absolute Gasteiger partial charge is 0.323 e. The summed E-state index contributed by atoms with van der Waals surface area (Å²) in [7, 11) is 0. The van der Waals surface area contributed by atoms with Crippen molar-refractivity contribution in [3.05, 3.63) is 48.6 Å². The molecule has 2 aromatic rings. The Morgan fingerprint density at radius 3 is 2.79 bits per heavy atom. The molecule has 0 saturated carbocycles. The van der Waals surface area contributed by atoms with Gasteiger partial charge in [0.05, 0.1) is 5.69 Å². The van der Waals surface area contributed by atoms with E-state index in [0.29, 0.717) is 6.04 Å². The average molecular weight is 340 g/mol. The zero-order chi connectivity index (χ0) is 16.4. The number of hydrogen-bond donors (Lipinski definition) is 1. The fourth-order valence-corrected chi connectivity index (χ4v) is 3.93. The standard InChI is InChI=1S/C18H20N4OS/c23-18(22-11-8-15(13-22)21-9-4-5-10-21)19-17-12-16(20-24-17)14-6-2-1-3-7-14/h1-7,12,15H,8-11,13H2,(H,19,23). The lowest BCUT2D eigenvalue weighted by Gasteiger charge is -2.23. The summed E-state index contributed by atoms with van der Waals surface area (Å²) in [5, 5.41) is 3.79. The van der Waals surface area contributed by atoms with Gasteiger partial charge in [-0.2, -0.15) is 4.37 Å². The number of carbonyl (C=O) groups is 1. The molecule has 24 heavy (non-hydrogen) atoms. The van der Waals surface area contributed by atoms with Crippen LogP contribution in [-0.4, -0.2) is 52.4 Å². The highest BCUT2D eigenvalue weighted by molar-refractivity contribution is 7.10. The molecule has 1 atom stereocenters. The van der Waals surface area contributed by atoms with Gasteiger partial charge in [0.25, 0.3) is 0 Å². The van der Waals surface area contributed by atoms with Crippen LogP contribution in [0.3, 0.4) is 0 Å². The fourth-order valence-electron chi connectivity index (χ4n) is 3.28. The monoisotopic (exact) mass is 340 g/mol. The van der Waals surface area contributed by atoms with Crippen molar-refractivity contribution >= 4 is 22.6 Å². The molecule has 1 saturated heterocycles. The maximum absolute atomic E-state index is 12.5. The Hall–Kier alpha value is -2.18. The molecule has 1 aromatic heterocycles. The lowest BCUT2D eigenvalue weighted by molar-refractivity contribution is 0.212. The van der Waals surface area contributed by atoms with E-state index in [2.05, 4.69) is 26.7 Å². The molecule has 5 nitrogen and oxygen atoms in total. The number of nitrogens with zero attached hydrogens (tertiary/aromatic N) is 3. The van der Waals surface area contributed by atoms with E-state index in [0.717, 1.165) is 48.9 Å². The van der Waals surface area contributed by atoms with Crippen molar-refractivity contribution in [2.75, 3.05) is 31.5 Å². The van der Waals surface area contributed by atoms with Crippen molar-refractivity contribution in [2.24, 2.45) is 0 Å². The van der Waals surface area contributed by atoms with E-state index >= 15 is 0 Å². The zero-order valence-electron chi connectivity index (χ0n) is 13.4. The third-order valence-electron chi connectivity index (χ3n) is 4.62. The highest BCUT2D eigenvalue weighted by atomic mass is 32.1. The SMILES string of the molecule is O=C(Nc1cc(-c2ccccc2)ns1)N1CCC(N2CC=CC2)C1. The van der Waals surface area contributed by atoms with E-state index < -0.39 is 0 Å². The number of rotatable bonds is 3. The van der Waals surface area contributed by atoms with E-state index in [4.69, 9.17) is 0 Å². The van der Waals surface area contributed by atoms with Crippen LogP contribution in [0.4, 0.5) is 9.80 Å². The molecule has 0 aliphatic carbocycles. The summed E-state index contributed by atoms with van der Waals surface area (Å²) in [5.74, 6) is 0. The number of benzene rings is 1. The highest BCUT2D eigenvalue weighted by Gasteiger charge is 2.30. The Bertz CT molecular complexity index is 734. The van der Waals surface area contributed by atoms with Crippen LogP contribution in [0.25, 0.3) is 11.3 Å². The maximum Gasteiger partial charge on any atom is 0.322 e. The Morgan fingerprint density at radius 2 is 2.00 bits per heavy atom. The molecule has 2 aliphatic heterocycles. The summed E-state index contributed by atoms with van der Waals surface area (Å²) >= 11 is 1.33. The van der Waals surface area contributed by atoms with Crippen LogP contribution in [0.2, 0.25) is 0 Å². The van der Waals surface area contributed by atoms with E-state index in [-0.39, 0.29) is 6.03 Å². The van der Waals surface area contributed by atoms with Gasteiger partial charge in [0, 0.05) is 43.9 Å². The number of nitrogens with one attached hydrogen (secondary N) is 1. The molecule has 2 amide bonds. The molecular weight excluding hydrogens is 320 g/mol. The Labute approximate surface area is 145 Å². The third kappa shape index (κ3) is 3.20. The molecule has 2 aliphatic rings. The van der Waals surface area contributed by atoms with Crippen LogP contribution in [-0.2, 0) is 0 Å². The first kappa shape index (κ1) is 15.4. The molecule has 6 heteroatoms. The molecular formula is C18H20N4OS. The number of hydrogen-bond acceptors (Lipinski definition) is 4. The van der Waals surface area contributed by atoms with E-state index in [1.807, 2.05) is 41.3 Å². The van der Waals surface area contributed by atoms with Gasteiger partial charge in [0.15, 0.2) is 0 Å². The van der Waals surface area contributed by atoms with E-state index in [1.165, 1.54) is 11.5 Å². The number of carbonyl (C=O) groups excluding carboxylic acids is 1. The molecule has 3 heterocycles. The molecule has 124 valence electrons. The Balaban J connectivity index is 1.36. The molecule has 0 radical (unpaired) electrons. The number of amides is 2. The normalized spacial score (nSPS) is 20.7. The minimum atomic E-state index is -0.0204. The third-order valence-corrected chi connectivity index (χ3v) is 5.33. The van der Waals surface area contributed by atoms with Gasteiger partial charge in [0.2, 0.25) is 0 Å². The van der Waals surface area contributed by atoms with Gasteiger partial charge in [0.1, 0.15) is 5.00 Å². The smallest absolute Gasteiger partial charge is 0.322 e. The molecule has 1 aromatic carbocycles. The number of likely N-dealkylation sites (tertiary alicyclic amines) is 1. The zero-order valence-corrected chi connectivity index (χ0v) is 14.2. The fraction of sp³-hybridized carbons (Fsp3) is 0.333. The minimum Gasteiger partial charge on any atom is -0.323 e. The summed E-state index contributed by atoms with van der Waals surface area (Å²) in [6.07, 6.45) is 5.45. The number of urea groups is 1. The van der Waals surface area contributed by atoms with Crippen LogP contribution in [0.5, 0.6) is 0 Å². The van der Waals surface area contributed by atoms with Gasteiger partial charge in [-0.05, 0) is 18.0 Å². The maximum atomic E-state index is 12.5. The first-order valence-electron chi connectivity index (χ1n) is 8.27. The lowest BCUT2D eigenvalue weighted by atomic mass is 10.2. The molecule has 1 N–H and O–H groups in total. The second-order valence-electron chi connectivity index (χ2n) is 6.19. The van der Waals surface area contributed by atoms with Gasteiger partial charge in [-0.1, -0.05) is 42.5 Å². The van der Waals surface area contributed by atoms with Gasteiger partial charge >= 0.3 is 6.03 Å². The lowest BCUT2D eigenvalue weighted by Crippen LogP contribution is -2.38. The molecule has 0 spiro atoms. The van der Waals surface area contributed by atoms with Crippen LogP contribution in [0.15, 0.2) is 48.6 Å². The van der Waals surface area contributed by atoms with Gasteiger partial charge < -0.3 is 4.90 Å². The van der Waals surface area contributed by atoms with Crippen molar-refractivity contribution < 1.29 is 4.79 Å². The highest BCUT2D eigenvalue weighted by Crippen LogP contribution is 2.26. The first-order valence-corrected chi connectivity index (χ1v) is 9.04. The van der Waals surface area contributed by atoms with Crippen molar-refractivity contribution in [1.82, 2.24) is 14.2 Å². The van der Waals surface area contributed by atoms with E-state index in [1.54, 1.807) is 0 Å². The number of anilines is 1. The first-order chi connectivity index (χ1) is 11.8. The van der Waals surface area contributed by atoms with Crippen LogP contribution in [0, 0.1) is 0 Å². The average Bonchev–Trinajstić information content (AvgIpc) is 3.36. The van der Waals surface area contributed by atoms with Crippen molar-refractivity contribution in [1.29, 1.82) is 0 Å². The Morgan fingerprint density at radius 1 is 1.21 bits per heavy atom. The van der Waals surface area contributed by atoms with Crippen molar-refractivity contribution in [3.8, 4) is 11.3 Å². The van der Waals surface area contributed by atoms with Crippen LogP contribution in [0.1, 0.15) is 6.42 Å². The van der Waals surface area contributed by atoms with Gasteiger partial charge in [-0.25, -0.2) is 4.79 Å². The van der Waals surface area contributed by atoms with Crippen molar-refractivity contribution in [2.45, 2.75) is 12.5 Å². The Kier molecular flexibility index (Phi) is 4.32. The summed E-state index contributed by atoms with van der Waals surface area (Å²) in [5.41, 5.74) is 1.97.